The van der Waals surface area contributed by atoms with Gasteiger partial charge in [-0.3, -0.25) is 19.3 Å². The van der Waals surface area contributed by atoms with Gasteiger partial charge in [0.25, 0.3) is 11.5 Å². The van der Waals surface area contributed by atoms with Gasteiger partial charge in [0.15, 0.2) is 5.82 Å². The molecule has 248 valence electrons. The summed E-state index contributed by atoms with van der Waals surface area (Å²) in [6.07, 6.45) is 7.40. The van der Waals surface area contributed by atoms with E-state index in [0.29, 0.717) is 17.1 Å². The third kappa shape index (κ3) is 7.49. The summed E-state index contributed by atoms with van der Waals surface area (Å²) in [5.74, 6) is 0.0978. The van der Waals surface area contributed by atoms with Gasteiger partial charge in [0.05, 0.1) is 10.6 Å². The van der Waals surface area contributed by atoms with E-state index in [-0.39, 0.29) is 29.2 Å². The van der Waals surface area contributed by atoms with Crippen molar-refractivity contribution in [2.24, 2.45) is 7.05 Å². The first-order chi connectivity index (χ1) is 22.5. The lowest BCUT2D eigenvalue weighted by Crippen LogP contribution is -2.43. The number of aromatic nitrogens is 2. The maximum atomic E-state index is 13.3. The number of nitrogens with one attached hydrogen (secondary N) is 2. The normalized spacial score (nSPS) is 13.6. The van der Waals surface area contributed by atoms with Gasteiger partial charge in [0, 0.05) is 55.2 Å². The van der Waals surface area contributed by atoms with Gasteiger partial charge < -0.3 is 20.1 Å². The van der Waals surface area contributed by atoms with Crippen LogP contribution < -0.4 is 16.2 Å². The Morgan fingerprint density at radius 1 is 1.04 bits per heavy atom. The minimum Gasteiger partial charge on any atom is -0.347 e. The quantitative estimate of drug-likeness (QED) is 0.180. The van der Waals surface area contributed by atoms with E-state index in [1.54, 1.807) is 43.6 Å². The number of hydrogen-bond acceptors (Lipinski definition) is 7. The van der Waals surface area contributed by atoms with E-state index >= 15 is 0 Å². The van der Waals surface area contributed by atoms with Crippen molar-refractivity contribution in [1.82, 2.24) is 19.4 Å². The molecule has 0 saturated carbocycles. The number of carbonyl (C=O) groups is 2. The molecule has 10 heteroatoms. The van der Waals surface area contributed by atoms with Crippen molar-refractivity contribution >= 4 is 40.3 Å². The molecule has 4 aromatic rings. The smallest absolute Gasteiger partial charge is 0.293 e. The highest BCUT2D eigenvalue weighted by atomic mass is 32.1. The molecule has 0 spiro atoms. The summed E-state index contributed by atoms with van der Waals surface area (Å²) in [4.78, 5) is 50.3. The Morgan fingerprint density at radius 2 is 1.77 bits per heavy atom. The maximum Gasteiger partial charge on any atom is 0.293 e. The first-order valence-electron chi connectivity index (χ1n) is 16.4. The number of amides is 2. The van der Waals surface area contributed by atoms with E-state index in [1.165, 1.54) is 34.3 Å². The Bertz CT molecular complexity index is 1780. The second-order valence-corrected chi connectivity index (χ2v) is 13.9. The molecule has 1 aliphatic rings. The fraction of sp³-hybridized carbons (Fsp3) is 0.405. The molecule has 0 aliphatic heterocycles. The number of thiophene rings is 1. The number of rotatable bonds is 10. The molecule has 1 atom stereocenters. The standard InChI is InChI=1S/C37H46N6O3S/c1-8-43(23(2)3)33(36(45)41(5)6)25-17-19-27(20-18-25)38-34-37(46)42(7)22-30(39-34)28-14-12-15-29(24(28)4)40-35(44)32-21-26-13-10-9-11-16-31(26)47-32/h12,14-15,17-23,33H,8-11,13,16H2,1-7H3,(H,38,39)(H,40,44). The van der Waals surface area contributed by atoms with Gasteiger partial charge in [-0.1, -0.05) is 37.6 Å². The van der Waals surface area contributed by atoms with Crippen molar-refractivity contribution in [2.45, 2.75) is 71.9 Å². The Labute approximate surface area is 281 Å². The van der Waals surface area contributed by atoms with Gasteiger partial charge in [-0.15, -0.1) is 11.3 Å². The summed E-state index contributed by atoms with van der Waals surface area (Å²) in [7, 11) is 5.25. The van der Waals surface area contributed by atoms with Crippen LogP contribution in [0.4, 0.5) is 17.2 Å². The van der Waals surface area contributed by atoms with Gasteiger partial charge in [0.2, 0.25) is 5.91 Å². The van der Waals surface area contributed by atoms with Gasteiger partial charge in [-0.05, 0) is 94.0 Å². The maximum absolute atomic E-state index is 13.3. The van der Waals surface area contributed by atoms with E-state index < -0.39 is 6.04 Å². The number of likely N-dealkylation sites (N-methyl/N-ethyl adjacent to an activating group) is 2. The highest BCUT2D eigenvalue weighted by molar-refractivity contribution is 7.14. The molecule has 2 N–H and O–H groups in total. The number of aryl methyl sites for hydroxylation is 3. The molecule has 9 nitrogen and oxygen atoms in total. The van der Waals surface area contributed by atoms with Gasteiger partial charge in [-0.2, -0.15) is 0 Å². The zero-order chi connectivity index (χ0) is 33.8. The Balaban J connectivity index is 1.39. The van der Waals surface area contributed by atoms with Crippen LogP contribution >= 0.6 is 11.3 Å². The topological polar surface area (TPSA) is 99.6 Å². The van der Waals surface area contributed by atoms with Gasteiger partial charge in [-0.25, -0.2) is 4.98 Å². The number of fused-ring (bicyclic) bond motifs is 1. The Kier molecular flexibility index (Phi) is 10.6. The van der Waals surface area contributed by atoms with Crippen molar-refractivity contribution in [3.8, 4) is 11.3 Å². The molecule has 0 fully saturated rings. The van der Waals surface area contributed by atoms with Crippen LogP contribution in [0.1, 0.15) is 77.3 Å². The van der Waals surface area contributed by atoms with E-state index in [0.717, 1.165) is 41.0 Å². The fourth-order valence-corrected chi connectivity index (χ4v) is 7.43. The highest BCUT2D eigenvalue weighted by Gasteiger charge is 2.30. The van der Waals surface area contributed by atoms with Crippen LogP contribution in [0.3, 0.4) is 0 Å². The van der Waals surface area contributed by atoms with Crippen LogP contribution in [0.25, 0.3) is 11.3 Å². The highest BCUT2D eigenvalue weighted by Crippen LogP contribution is 2.32. The first kappa shape index (κ1) is 34.1. The summed E-state index contributed by atoms with van der Waals surface area (Å²) >= 11 is 1.61. The summed E-state index contributed by atoms with van der Waals surface area (Å²) in [5, 5.41) is 6.32. The Hall–Kier alpha value is -4.28. The first-order valence-corrected chi connectivity index (χ1v) is 17.2. The molecule has 1 aliphatic carbocycles. The summed E-state index contributed by atoms with van der Waals surface area (Å²) in [5.41, 5.74) is 5.61. The molecule has 2 heterocycles. The second kappa shape index (κ2) is 14.6. The second-order valence-electron chi connectivity index (χ2n) is 12.7. The average molecular weight is 655 g/mol. The number of benzene rings is 2. The Morgan fingerprint density at radius 3 is 2.45 bits per heavy atom. The minimum atomic E-state index is -0.413. The molecule has 0 saturated heterocycles. The predicted molar refractivity (Wildman–Crippen MR) is 192 cm³/mol. The number of anilines is 3. The largest absolute Gasteiger partial charge is 0.347 e. The third-order valence-corrected chi connectivity index (χ3v) is 10.2. The fourth-order valence-electron chi connectivity index (χ4n) is 6.28. The van der Waals surface area contributed by atoms with Crippen LogP contribution in [0.15, 0.2) is 59.5 Å². The predicted octanol–water partition coefficient (Wildman–Crippen LogP) is 6.94. The van der Waals surface area contributed by atoms with Crippen LogP contribution in [-0.4, -0.2) is 57.8 Å². The van der Waals surface area contributed by atoms with Gasteiger partial charge in [0.1, 0.15) is 6.04 Å². The summed E-state index contributed by atoms with van der Waals surface area (Å²) in [6.45, 7) is 8.92. The lowest BCUT2D eigenvalue weighted by molar-refractivity contribution is -0.135. The van der Waals surface area contributed by atoms with Crippen molar-refractivity contribution < 1.29 is 9.59 Å². The zero-order valence-electron chi connectivity index (χ0n) is 28.5. The third-order valence-electron chi connectivity index (χ3n) is 8.92. The number of nitrogens with zero attached hydrogens (tertiary/aromatic N) is 4. The number of hydrogen-bond donors (Lipinski definition) is 2. The number of carbonyl (C=O) groups excluding carboxylic acids is 2. The average Bonchev–Trinajstić information content (AvgIpc) is 3.33. The molecule has 5 rings (SSSR count). The van der Waals surface area contributed by atoms with Crippen LogP contribution in [0.2, 0.25) is 0 Å². The molecule has 2 aromatic carbocycles. The van der Waals surface area contributed by atoms with Gasteiger partial charge >= 0.3 is 0 Å². The molecule has 1 unspecified atom stereocenters. The summed E-state index contributed by atoms with van der Waals surface area (Å²) < 4.78 is 1.51. The van der Waals surface area contributed by atoms with Crippen molar-refractivity contribution in [2.75, 3.05) is 31.3 Å². The lowest BCUT2D eigenvalue weighted by atomic mass is 10.0. The molecule has 0 radical (unpaired) electrons. The van der Waals surface area contributed by atoms with E-state index in [2.05, 4.69) is 42.4 Å². The van der Waals surface area contributed by atoms with Crippen LogP contribution in [-0.2, 0) is 24.7 Å². The van der Waals surface area contributed by atoms with E-state index in [4.69, 9.17) is 4.98 Å². The summed E-state index contributed by atoms with van der Waals surface area (Å²) in [6, 6.07) is 15.2. The zero-order valence-corrected chi connectivity index (χ0v) is 29.3. The molecule has 47 heavy (non-hydrogen) atoms. The monoisotopic (exact) mass is 654 g/mol. The van der Waals surface area contributed by atoms with Crippen molar-refractivity contribution in [1.29, 1.82) is 0 Å². The van der Waals surface area contributed by atoms with E-state index in [1.807, 2.05) is 49.4 Å². The molecule has 2 aromatic heterocycles. The van der Waals surface area contributed by atoms with E-state index in [9.17, 15) is 14.4 Å². The molecular weight excluding hydrogens is 609 g/mol. The van der Waals surface area contributed by atoms with Crippen molar-refractivity contribution in [3.63, 3.8) is 0 Å². The molecule has 2 amide bonds. The molecular formula is C37H46N6O3S. The van der Waals surface area contributed by atoms with Crippen LogP contribution in [0, 0.1) is 6.92 Å². The van der Waals surface area contributed by atoms with Crippen molar-refractivity contribution in [3.05, 3.63) is 91.5 Å². The van der Waals surface area contributed by atoms with Crippen LogP contribution in [0.5, 0.6) is 0 Å². The molecule has 0 bridgehead atoms. The minimum absolute atomic E-state index is 0.0169. The lowest BCUT2D eigenvalue weighted by Gasteiger charge is -2.34. The SMILES string of the molecule is CCN(C(C)C)C(C(=O)N(C)C)c1ccc(Nc2nc(-c3cccc(NC(=O)c4cc5c(s4)CCCCC5)c3C)cn(C)c2=O)cc1.